The van der Waals surface area contributed by atoms with Crippen LogP contribution < -0.4 is 0 Å². The molecule has 0 fully saturated rings. The summed E-state index contributed by atoms with van der Waals surface area (Å²) in [6.07, 6.45) is 8.36. The Kier molecular flexibility index (Phi) is 6.98. The minimum atomic E-state index is -0.268. The third kappa shape index (κ3) is 6.14. The first-order valence-electron chi connectivity index (χ1n) is 4.71. The molecule has 0 saturated heterocycles. The van der Waals surface area contributed by atoms with Crippen molar-refractivity contribution in [2.75, 3.05) is 0 Å². The van der Waals surface area contributed by atoms with Gasteiger partial charge in [-0.05, 0) is 32.8 Å². The van der Waals surface area contributed by atoms with Crippen LogP contribution >= 0.6 is 0 Å². The summed E-state index contributed by atoms with van der Waals surface area (Å²) >= 11 is 0. The zero-order valence-electron chi connectivity index (χ0n) is 8.67. The zero-order chi connectivity index (χ0) is 10.1. The maximum Gasteiger partial charge on any atom is 0.338 e. The van der Waals surface area contributed by atoms with Gasteiger partial charge in [0.2, 0.25) is 0 Å². The lowest BCUT2D eigenvalue weighted by atomic mass is 10.2. The SMILES string of the molecule is C/C=C(\C)C(=O)OC=CCCCC. The van der Waals surface area contributed by atoms with Crippen molar-refractivity contribution in [3.63, 3.8) is 0 Å². The molecule has 0 aromatic carbocycles. The molecule has 0 heterocycles. The molecule has 0 aliphatic heterocycles. The lowest BCUT2D eigenvalue weighted by molar-refractivity contribution is -0.133. The average molecular weight is 182 g/mol. The normalized spacial score (nSPS) is 12.1. The molecule has 2 nitrogen and oxygen atoms in total. The minimum Gasteiger partial charge on any atom is -0.431 e. The van der Waals surface area contributed by atoms with Crippen molar-refractivity contribution >= 4 is 5.97 Å². The Morgan fingerprint density at radius 1 is 1.46 bits per heavy atom. The van der Waals surface area contributed by atoms with Gasteiger partial charge in [-0.3, -0.25) is 0 Å². The Bertz CT molecular complexity index is 202. The van der Waals surface area contributed by atoms with Crippen LogP contribution in [0.4, 0.5) is 0 Å². The van der Waals surface area contributed by atoms with E-state index in [1.54, 1.807) is 13.0 Å². The molecule has 0 bridgehead atoms. The smallest absolute Gasteiger partial charge is 0.338 e. The topological polar surface area (TPSA) is 26.3 Å². The molecule has 74 valence electrons. The van der Waals surface area contributed by atoms with E-state index in [2.05, 4.69) is 6.92 Å². The van der Waals surface area contributed by atoms with Crippen LogP contribution in [-0.4, -0.2) is 5.97 Å². The predicted octanol–water partition coefficient (Wildman–Crippen LogP) is 3.20. The quantitative estimate of drug-likeness (QED) is 0.282. The van der Waals surface area contributed by atoms with E-state index in [0.717, 1.165) is 19.3 Å². The summed E-state index contributed by atoms with van der Waals surface area (Å²) in [5.41, 5.74) is 0.639. The zero-order valence-corrected chi connectivity index (χ0v) is 8.67. The molecular weight excluding hydrogens is 164 g/mol. The van der Waals surface area contributed by atoms with E-state index in [-0.39, 0.29) is 5.97 Å². The van der Waals surface area contributed by atoms with Crippen LogP contribution in [0.3, 0.4) is 0 Å². The highest BCUT2D eigenvalue weighted by Gasteiger charge is 2.00. The Balaban J connectivity index is 3.64. The fourth-order valence-corrected chi connectivity index (χ4v) is 0.711. The van der Waals surface area contributed by atoms with Crippen LogP contribution in [0, 0.1) is 0 Å². The highest BCUT2D eigenvalue weighted by molar-refractivity contribution is 5.87. The standard InChI is InChI=1S/C11H18O2/c1-4-6-7-8-9-13-11(12)10(3)5-2/h5,8-9H,4,6-7H2,1-3H3/b9-8?,10-5+. The molecule has 0 atom stereocenters. The first kappa shape index (κ1) is 11.9. The first-order chi connectivity index (χ1) is 6.22. The van der Waals surface area contributed by atoms with Crippen molar-refractivity contribution in [2.24, 2.45) is 0 Å². The van der Waals surface area contributed by atoms with Crippen molar-refractivity contribution in [1.82, 2.24) is 0 Å². The fraction of sp³-hybridized carbons (Fsp3) is 0.545. The Hall–Kier alpha value is -1.05. The summed E-state index contributed by atoms with van der Waals surface area (Å²) in [5, 5.41) is 0. The largest absolute Gasteiger partial charge is 0.431 e. The Labute approximate surface area is 80.3 Å². The second-order valence-corrected chi connectivity index (χ2v) is 2.89. The minimum absolute atomic E-state index is 0.268. The van der Waals surface area contributed by atoms with Crippen molar-refractivity contribution in [3.8, 4) is 0 Å². The highest BCUT2D eigenvalue weighted by Crippen LogP contribution is 1.98. The molecule has 0 radical (unpaired) electrons. The van der Waals surface area contributed by atoms with Gasteiger partial charge in [0.05, 0.1) is 6.26 Å². The van der Waals surface area contributed by atoms with Gasteiger partial charge in [0.25, 0.3) is 0 Å². The van der Waals surface area contributed by atoms with Crippen molar-refractivity contribution in [3.05, 3.63) is 24.0 Å². The van der Waals surface area contributed by atoms with E-state index in [1.807, 2.05) is 13.0 Å². The van der Waals surface area contributed by atoms with Gasteiger partial charge in [0, 0.05) is 5.57 Å². The summed E-state index contributed by atoms with van der Waals surface area (Å²) < 4.78 is 4.85. The molecule has 2 heteroatoms. The van der Waals surface area contributed by atoms with Gasteiger partial charge in [-0.1, -0.05) is 19.4 Å². The van der Waals surface area contributed by atoms with E-state index < -0.39 is 0 Å². The maximum absolute atomic E-state index is 11.1. The summed E-state index contributed by atoms with van der Waals surface area (Å²) in [5.74, 6) is -0.268. The second-order valence-electron chi connectivity index (χ2n) is 2.89. The van der Waals surface area contributed by atoms with Crippen LogP contribution in [0.1, 0.15) is 40.0 Å². The third-order valence-electron chi connectivity index (χ3n) is 1.75. The lowest BCUT2D eigenvalue weighted by Crippen LogP contribution is -2.00. The molecule has 0 saturated carbocycles. The van der Waals surface area contributed by atoms with E-state index in [0.29, 0.717) is 5.57 Å². The number of hydrogen-bond acceptors (Lipinski definition) is 2. The van der Waals surface area contributed by atoms with Gasteiger partial charge in [-0.25, -0.2) is 4.79 Å². The third-order valence-corrected chi connectivity index (χ3v) is 1.75. The van der Waals surface area contributed by atoms with E-state index >= 15 is 0 Å². The summed E-state index contributed by atoms with van der Waals surface area (Å²) in [6, 6.07) is 0. The Morgan fingerprint density at radius 2 is 2.15 bits per heavy atom. The van der Waals surface area contributed by atoms with Crippen LogP contribution in [0.15, 0.2) is 24.0 Å². The molecule has 0 spiro atoms. The molecule has 0 aromatic heterocycles. The lowest BCUT2D eigenvalue weighted by Gasteiger charge is -1.97. The number of allylic oxidation sites excluding steroid dienone is 2. The molecule has 0 aliphatic carbocycles. The summed E-state index contributed by atoms with van der Waals surface area (Å²) in [7, 11) is 0. The molecule has 0 aromatic rings. The maximum atomic E-state index is 11.1. The number of esters is 1. The van der Waals surface area contributed by atoms with Crippen molar-refractivity contribution in [1.29, 1.82) is 0 Å². The number of carbonyl (C=O) groups excluding carboxylic acids is 1. The molecule has 0 amide bonds. The van der Waals surface area contributed by atoms with Gasteiger partial charge in [-0.2, -0.15) is 0 Å². The molecule has 0 unspecified atom stereocenters. The number of hydrogen-bond donors (Lipinski definition) is 0. The number of unbranched alkanes of at least 4 members (excludes halogenated alkanes) is 2. The number of carbonyl (C=O) groups is 1. The number of ether oxygens (including phenoxy) is 1. The fourth-order valence-electron chi connectivity index (χ4n) is 0.711. The van der Waals surface area contributed by atoms with Gasteiger partial charge in [-0.15, -0.1) is 0 Å². The van der Waals surface area contributed by atoms with E-state index in [9.17, 15) is 4.79 Å². The molecular formula is C11H18O2. The molecule has 0 N–H and O–H groups in total. The van der Waals surface area contributed by atoms with Crippen LogP contribution in [0.5, 0.6) is 0 Å². The van der Waals surface area contributed by atoms with Gasteiger partial charge >= 0.3 is 5.97 Å². The predicted molar refractivity (Wildman–Crippen MR) is 54.2 cm³/mol. The molecule has 0 rings (SSSR count). The average Bonchev–Trinajstić information content (AvgIpc) is 2.16. The molecule has 0 aliphatic rings. The first-order valence-corrected chi connectivity index (χ1v) is 4.71. The summed E-state index contributed by atoms with van der Waals surface area (Å²) in [6.45, 7) is 5.68. The highest BCUT2D eigenvalue weighted by atomic mass is 16.5. The van der Waals surface area contributed by atoms with Crippen molar-refractivity contribution in [2.45, 2.75) is 40.0 Å². The van der Waals surface area contributed by atoms with Gasteiger partial charge < -0.3 is 4.74 Å². The van der Waals surface area contributed by atoms with Crippen LogP contribution in [-0.2, 0) is 9.53 Å². The monoisotopic (exact) mass is 182 g/mol. The van der Waals surface area contributed by atoms with Crippen LogP contribution in [0.25, 0.3) is 0 Å². The Morgan fingerprint density at radius 3 is 2.69 bits per heavy atom. The second kappa shape index (κ2) is 7.59. The van der Waals surface area contributed by atoms with E-state index in [1.165, 1.54) is 6.26 Å². The van der Waals surface area contributed by atoms with Gasteiger partial charge in [0.1, 0.15) is 0 Å². The van der Waals surface area contributed by atoms with Crippen molar-refractivity contribution < 1.29 is 9.53 Å². The van der Waals surface area contributed by atoms with Crippen LogP contribution in [0.2, 0.25) is 0 Å². The van der Waals surface area contributed by atoms with Gasteiger partial charge in [0.15, 0.2) is 0 Å². The molecule has 13 heavy (non-hydrogen) atoms. The number of rotatable bonds is 5. The van der Waals surface area contributed by atoms with E-state index in [4.69, 9.17) is 4.74 Å². The summed E-state index contributed by atoms with van der Waals surface area (Å²) in [4.78, 5) is 11.1.